The zero-order chi connectivity index (χ0) is 21.5. The van der Waals surface area contributed by atoms with Crippen molar-refractivity contribution >= 4 is 28.7 Å². The van der Waals surface area contributed by atoms with Crippen LogP contribution in [0.15, 0.2) is 72.3 Å². The maximum atomic E-state index is 12.3. The van der Waals surface area contributed by atoms with E-state index in [4.69, 9.17) is 4.74 Å². The van der Waals surface area contributed by atoms with Crippen molar-refractivity contribution in [3.8, 4) is 6.07 Å². The second kappa shape index (κ2) is 9.53. The zero-order valence-electron chi connectivity index (χ0n) is 16.9. The Morgan fingerprint density at radius 2 is 1.77 bits per heavy atom. The molecule has 150 valence electrons. The van der Waals surface area contributed by atoms with Gasteiger partial charge >= 0.3 is 5.97 Å². The van der Waals surface area contributed by atoms with E-state index in [2.05, 4.69) is 5.32 Å². The van der Waals surface area contributed by atoms with Gasteiger partial charge in [0, 0.05) is 0 Å². The maximum absolute atomic E-state index is 12.3. The first-order chi connectivity index (χ1) is 14.5. The third kappa shape index (κ3) is 5.12. The molecule has 0 radical (unpaired) electrons. The fourth-order valence-electron chi connectivity index (χ4n) is 3.16. The van der Waals surface area contributed by atoms with Crippen molar-refractivity contribution in [2.24, 2.45) is 0 Å². The maximum Gasteiger partial charge on any atom is 0.349 e. The van der Waals surface area contributed by atoms with Crippen LogP contribution in [0.2, 0.25) is 0 Å². The van der Waals surface area contributed by atoms with Crippen LogP contribution in [0.25, 0.3) is 16.8 Å². The van der Waals surface area contributed by atoms with Crippen LogP contribution in [0.5, 0.6) is 0 Å². The minimum atomic E-state index is -0.828. The van der Waals surface area contributed by atoms with Crippen molar-refractivity contribution in [1.82, 2.24) is 5.32 Å². The SMILES string of the molecule is Cc1ccc(/C=C(\C#N)C(=O)OCC(=O)N[C@@H](C)c2cccc3ccccc23)cc1. The van der Waals surface area contributed by atoms with Crippen molar-refractivity contribution in [3.63, 3.8) is 0 Å². The Morgan fingerprint density at radius 3 is 2.50 bits per heavy atom. The van der Waals surface area contributed by atoms with Gasteiger partial charge < -0.3 is 10.1 Å². The van der Waals surface area contributed by atoms with Crippen LogP contribution in [0.1, 0.15) is 29.7 Å². The van der Waals surface area contributed by atoms with Crippen LogP contribution in [0, 0.1) is 18.3 Å². The van der Waals surface area contributed by atoms with Crippen LogP contribution < -0.4 is 5.32 Å². The van der Waals surface area contributed by atoms with Crippen molar-refractivity contribution in [1.29, 1.82) is 5.26 Å². The third-order valence-corrected chi connectivity index (χ3v) is 4.73. The second-order valence-electron chi connectivity index (χ2n) is 7.01. The van der Waals surface area contributed by atoms with Crippen molar-refractivity contribution in [3.05, 3.63) is 89.0 Å². The van der Waals surface area contributed by atoms with Crippen molar-refractivity contribution < 1.29 is 14.3 Å². The summed E-state index contributed by atoms with van der Waals surface area (Å²) < 4.78 is 5.04. The molecular weight excluding hydrogens is 376 g/mol. The Bertz CT molecular complexity index is 1140. The first kappa shape index (κ1) is 20.8. The van der Waals surface area contributed by atoms with E-state index in [1.165, 1.54) is 6.08 Å². The van der Waals surface area contributed by atoms with Crippen LogP contribution in [-0.2, 0) is 14.3 Å². The summed E-state index contributed by atoms with van der Waals surface area (Å²) in [7, 11) is 0. The Balaban J connectivity index is 1.61. The van der Waals surface area contributed by atoms with Crippen LogP contribution in [0.4, 0.5) is 0 Å². The molecule has 0 bridgehead atoms. The first-order valence-electron chi connectivity index (χ1n) is 9.60. The summed E-state index contributed by atoms with van der Waals surface area (Å²) in [6, 6.07) is 22.8. The van der Waals surface area contributed by atoms with Crippen molar-refractivity contribution in [2.45, 2.75) is 19.9 Å². The molecule has 0 saturated carbocycles. The summed E-state index contributed by atoms with van der Waals surface area (Å²) in [5.74, 6) is -1.26. The number of amides is 1. The predicted octanol–water partition coefficient (Wildman–Crippen LogP) is 4.48. The third-order valence-electron chi connectivity index (χ3n) is 4.73. The summed E-state index contributed by atoms with van der Waals surface area (Å²) in [5, 5.41) is 14.2. The Kier molecular flexibility index (Phi) is 6.61. The van der Waals surface area contributed by atoms with Gasteiger partial charge in [-0.1, -0.05) is 72.3 Å². The van der Waals surface area contributed by atoms with E-state index in [9.17, 15) is 14.9 Å². The molecule has 0 fully saturated rings. The highest BCUT2D eigenvalue weighted by molar-refractivity contribution is 5.98. The fourth-order valence-corrected chi connectivity index (χ4v) is 3.16. The predicted molar refractivity (Wildman–Crippen MR) is 116 cm³/mol. The molecule has 0 aliphatic rings. The number of hydrogen-bond acceptors (Lipinski definition) is 4. The molecule has 1 amide bonds. The summed E-state index contributed by atoms with van der Waals surface area (Å²) in [6.45, 7) is 3.37. The van der Waals surface area contributed by atoms with E-state index in [0.717, 1.165) is 21.9 Å². The molecule has 0 unspecified atom stereocenters. The highest BCUT2D eigenvalue weighted by Gasteiger charge is 2.16. The number of nitriles is 1. The topological polar surface area (TPSA) is 79.2 Å². The van der Waals surface area contributed by atoms with E-state index in [1.807, 2.05) is 74.5 Å². The molecule has 5 heteroatoms. The number of ether oxygens (including phenoxy) is 1. The lowest BCUT2D eigenvalue weighted by Gasteiger charge is -2.16. The lowest BCUT2D eigenvalue weighted by atomic mass is 10.00. The number of nitrogens with zero attached hydrogens (tertiary/aromatic N) is 1. The normalized spacial score (nSPS) is 12.1. The van der Waals surface area contributed by atoms with Gasteiger partial charge in [-0.25, -0.2) is 4.79 Å². The standard InChI is InChI=1S/C25H22N2O3/c1-17-10-12-19(13-11-17)14-21(15-26)25(29)30-16-24(28)27-18(2)22-9-5-7-20-6-3-4-8-23(20)22/h3-14,18H,16H2,1-2H3,(H,27,28)/b21-14+/t18-/m0/s1. The molecule has 0 aliphatic carbocycles. The number of aryl methyl sites for hydroxylation is 1. The molecule has 0 heterocycles. The van der Waals surface area contributed by atoms with Gasteiger partial charge in [-0.2, -0.15) is 5.26 Å². The highest BCUT2D eigenvalue weighted by Crippen LogP contribution is 2.24. The van der Waals surface area contributed by atoms with E-state index >= 15 is 0 Å². The molecule has 0 spiro atoms. The number of hydrogen-bond donors (Lipinski definition) is 1. The number of rotatable bonds is 6. The molecule has 0 aromatic heterocycles. The monoisotopic (exact) mass is 398 g/mol. The van der Waals surface area contributed by atoms with Crippen LogP contribution in [0.3, 0.4) is 0 Å². The summed E-state index contributed by atoms with van der Waals surface area (Å²) >= 11 is 0. The van der Waals surface area contributed by atoms with Crippen LogP contribution in [-0.4, -0.2) is 18.5 Å². The van der Waals surface area contributed by atoms with Gasteiger partial charge in [-0.3, -0.25) is 4.79 Å². The molecule has 3 aromatic carbocycles. The van der Waals surface area contributed by atoms with Crippen molar-refractivity contribution in [2.75, 3.05) is 6.61 Å². The van der Waals surface area contributed by atoms with Gasteiger partial charge in [-0.05, 0) is 41.8 Å². The van der Waals surface area contributed by atoms with E-state index in [1.54, 1.807) is 12.1 Å². The highest BCUT2D eigenvalue weighted by atomic mass is 16.5. The van der Waals surface area contributed by atoms with Gasteiger partial charge in [0.25, 0.3) is 5.91 Å². The van der Waals surface area contributed by atoms with Gasteiger partial charge in [0.2, 0.25) is 0 Å². The number of fused-ring (bicyclic) bond motifs is 1. The second-order valence-corrected chi connectivity index (χ2v) is 7.01. The molecule has 30 heavy (non-hydrogen) atoms. The Morgan fingerprint density at radius 1 is 1.07 bits per heavy atom. The van der Waals surface area contributed by atoms with Gasteiger partial charge in [0.1, 0.15) is 11.6 Å². The molecule has 5 nitrogen and oxygen atoms in total. The summed E-state index contributed by atoms with van der Waals surface area (Å²) in [6.07, 6.45) is 1.44. The van der Waals surface area contributed by atoms with E-state index in [-0.39, 0.29) is 11.6 Å². The molecule has 3 rings (SSSR count). The number of carbonyl (C=O) groups is 2. The quantitative estimate of drug-likeness (QED) is 0.377. The average Bonchev–Trinajstić information content (AvgIpc) is 2.76. The van der Waals surface area contributed by atoms with Gasteiger partial charge in [0.15, 0.2) is 6.61 Å². The Labute approximate surface area is 175 Å². The number of nitrogens with one attached hydrogen (secondary N) is 1. The largest absolute Gasteiger partial charge is 0.451 e. The smallest absolute Gasteiger partial charge is 0.349 e. The molecular formula is C25H22N2O3. The van der Waals surface area contributed by atoms with Gasteiger partial charge in [0.05, 0.1) is 6.04 Å². The first-order valence-corrected chi connectivity index (χ1v) is 9.60. The van der Waals surface area contributed by atoms with E-state index < -0.39 is 18.5 Å². The number of esters is 1. The lowest BCUT2D eigenvalue weighted by Crippen LogP contribution is -2.31. The minimum Gasteiger partial charge on any atom is -0.451 e. The Hall–Kier alpha value is -3.91. The molecule has 0 saturated heterocycles. The summed E-state index contributed by atoms with van der Waals surface area (Å²) in [4.78, 5) is 24.5. The number of carbonyl (C=O) groups excluding carboxylic acids is 2. The molecule has 1 atom stereocenters. The molecule has 3 aromatic rings. The number of benzene rings is 3. The molecule has 0 aliphatic heterocycles. The van der Waals surface area contributed by atoms with Crippen LogP contribution >= 0.6 is 0 Å². The van der Waals surface area contributed by atoms with Gasteiger partial charge in [-0.15, -0.1) is 0 Å². The zero-order valence-corrected chi connectivity index (χ0v) is 16.9. The summed E-state index contributed by atoms with van der Waals surface area (Å²) in [5.41, 5.74) is 2.60. The minimum absolute atomic E-state index is 0.159. The average molecular weight is 398 g/mol. The lowest BCUT2D eigenvalue weighted by molar-refractivity contribution is -0.144. The molecule has 1 N–H and O–H groups in total. The fraction of sp³-hybridized carbons (Fsp3) is 0.160. The van der Waals surface area contributed by atoms with E-state index in [0.29, 0.717) is 5.56 Å².